The maximum Gasteiger partial charge on any atom is 0.338 e. The SMILES string of the molecule is O=C1c2ccccc2C(=O)c2c1cc(Cl)c(C(=O)O)c2Cl. The molecule has 6 heteroatoms. The second-order valence-electron chi connectivity index (χ2n) is 4.48. The van der Waals surface area contributed by atoms with Gasteiger partial charge < -0.3 is 5.11 Å². The second-order valence-corrected chi connectivity index (χ2v) is 5.26. The number of hydrogen-bond donors (Lipinski definition) is 1. The van der Waals surface area contributed by atoms with Crippen LogP contribution in [0.4, 0.5) is 0 Å². The first-order chi connectivity index (χ1) is 9.93. The predicted octanol–water partition coefficient (Wildman–Crippen LogP) is 3.47. The van der Waals surface area contributed by atoms with Crippen LogP contribution in [0.2, 0.25) is 10.0 Å². The highest BCUT2D eigenvalue weighted by Crippen LogP contribution is 2.37. The molecule has 2 aromatic rings. The zero-order chi connectivity index (χ0) is 15.3. The second kappa shape index (κ2) is 4.69. The standard InChI is InChI=1S/C15H6Cl2O4/c16-9-5-8-10(12(17)11(9)15(20)21)14(19)7-4-2-1-3-6(7)13(8)18/h1-5H,(H,20,21). The van der Waals surface area contributed by atoms with Crippen LogP contribution in [-0.4, -0.2) is 22.6 Å². The third kappa shape index (κ3) is 1.87. The Labute approximate surface area is 128 Å². The van der Waals surface area contributed by atoms with Gasteiger partial charge in [0.1, 0.15) is 0 Å². The Hall–Kier alpha value is -2.17. The van der Waals surface area contributed by atoms with Crippen molar-refractivity contribution in [3.8, 4) is 0 Å². The van der Waals surface area contributed by atoms with Crippen LogP contribution in [0.1, 0.15) is 42.2 Å². The first kappa shape index (κ1) is 13.8. The van der Waals surface area contributed by atoms with E-state index in [1.54, 1.807) is 12.1 Å². The number of fused-ring (bicyclic) bond motifs is 2. The van der Waals surface area contributed by atoms with Gasteiger partial charge in [0.2, 0.25) is 0 Å². The summed E-state index contributed by atoms with van der Waals surface area (Å²) in [6, 6.07) is 7.48. The molecule has 0 aliphatic heterocycles. The number of carboxylic acids is 1. The van der Waals surface area contributed by atoms with Crippen molar-refractivity contribution in [3.05, 3.63) is 68.2 Å². The van der Waals surface area contributed by atoms with E-state index in [1.807, 2.05) is 0 Å². The van der Waals surface area contributed by atoms with Crippen molar-refractivity contribution in [2.75, 3.05) is 0 Å². The smallest absolute Gasteiger partial charge is 0.338 e. The van der Waals surface area contributed by atoms with Crippen LogP contribution in [0, 0.1) is 0 Å². The minimum Gasteiger partial charge on any atom is -0.478 e. The molecule has 0 atom stereocenters. The van der Waals surface area contributed by atoms with Gasteiger partial charge >= 0.3 is 5.97 Å². The van der Waals surface area contributed by atoms with Gasteiger partial charge in [0.15, 0.2) is 11.6 Å². The summed E-state index contributed by atoms with van der Waals surface area (Å²) >= 11 is 11.9. The number of carbonyl (C=O) groups is 3. The number of rotatable bonds is 1. The first-order valence-corrected chi connectivity index (χ1v) is 6.62. The maximum absolute atomic E-state index is 12.5. The zero-order valence-electron chi connectivity index (χ0n) is 10.3. The Bertz CT molecular complexity index is 840. The lowest BCUT2D eigenvalue weighted by atomic mass is 9.83. The Morgan fingerprint density at radius 1 is 0.952 bits per heavy atom. The minimum atomic E-state index is -1.35. The van der Waals surface area contributed by atoms with Crippen molar-refractivity contribution in [2.45, 2.75) is 0 Å². The number of carbonyl (C=O) groups excluding carboxylic acids is 2. The summed E-state index contributed by atoms with van der Waals surface area (Å²) in [5.74, 6) is -2.24. The third-order valence-corrected chi connectivity index (χ3v) is 4.00. The van der Waals surface area contributed by atoms with Crippen molar-refractivity contribution in [3.63, 3.8) is 0 Å². The molecule has 1 aliphatic rings. The highest BCUT2D eigenvalue weighted by Gasteiger charge is 2.34. The molecule has 0 unspecified atom stereocenters. The fourth-order valence-electron chi connectivity index (χ4n) is 2.38. The van der Waals surface area contributed by atoms with E-state index in [2.05, 4.69) is 0 Å². The zero-order valence-corrected chi connectivity index (χ0v) is 11.8. The molecule has 0 saturated heterocycles. The van der Waals surface area contributed by atoms with E-state index in [0.29, 0.717) is 0 Å². The average molecular weight is 321 g/mol. The molecule has 0 radical (unpaired) electrons. The van der Waals surface area contributed by atoms with E-state index in [-0.39, 0.29) is 37.9 Å². The Balaban J connectivity index is 2.39. The molecule has 0 amide bonds. The van der Waals surface area contributed by atoms with Gasteiger partial charge in [0, 0.05) is 16.7 Å². The molecular weight excluding hydrogens is 315 g/mol. The number of hydrogen-bond acceptors (Lipinski definition) is 3. The van der Waals surface area contributed by atoms with Gasteiger partial charge in [-0.05, 0) is 6.07 Å². The van der Waals surface area contributed by atoms with Gasteiger partial charge in [-0.25, -0.2) is 4.79 Å². The van der Waals surface area contributed by atoms with Crippen LogP contribution in [0.15, 0.2) is 30.3 Å². The molecule has 0 spiro atoms. The molecule has 0 fully saturated rings. The fraction of sp³-hybridized carbons (Fsp3) is 0. The molecule has 104 valence electrons. The largest absolute Gasteiger partial charge is 0.478 e. The number of ketones is 2. The average Bonchev–Trinajstić information content (AvgIpc) is 2.44. The number of benzene rings is 2. The van der Waals surface area contributed by atoms with Crippen molar-refractivity contribution >= 4 is 40.7 Å². The number of halogens is 2. The van der Waals surface area contributed by atoms with E-state index >= 15 is 0 Å². The van der Waals surface area contributed by atoms with Crippen molar-refractivity contribution < 1.29 is 19.5 Å². The van der Waals surface area contributed by atoms with Crippen LogP contribution in [0.3, 0.4) is 0 Å². The van der Waals surface area contributed by atoms with Crippen LogP contribution >= 0.6 is 23.2 Å². The Kier molecular flexibility index (Phi) is 3.08. The Morgan fingerprint density at radius 3 is 2.10 bits per heavy atom. The first-order valence-electron chi connectivity index (χ1n) is 5.87. The van der Waals surface area contributed by atoms with E-state index in [4.69, 9.17) is 28.3 Å². The molecule has 0 saturated carbocycles. The van der Waals surface area contributed by atoms with Crippen molar-refractivity contribution in [1.82, 2.24) is 0 Å². The summed E-state index contributed by atoms with van der Waals surface area (Å²) in [7, 11) is 0. The quantitative estimate of drug-likeness (QED) is 0.745. The van der Waals surface area contributed by atoms with E-state index in [9.17, 15) is 14.4 Å². The molecule has 21 heavy (non-hydrogen) atoms. The molecular formula is C15H6Cl2O4. The van der Waals surface area contributed by atoms with E-state index in [0.717, 1.165) is 0 Å². The highest BCUT2D eigenvalue weighted by molar-refractivity contribution is 6.44. The Morgan fingerprint density at radius 2 is 1.52 bits per heavy atom. The highest BCUT2D eigenvalue weighted by atomic mass is 35.5. The van der Waals surface area contributed by atoms with Gasteiger partial charge in [-0.3, -0.25) is 9.59 Å². The van der Waals surface area contributed by atoms with Gasteiger partial charge in [-0.1, -0.05) is 47.5 Å². The van der Waals surface area contributed by atoms with Crippen LogP contribution < -0.4 is 0 Å². The summed E-state index contributed by atoms with van der Waals surface area (Å²) in [6.07, 6.45) is 0. The molecule has 0 aromatic heterocycles. The summed E-state index contributed by atoms with van der Waals surface area (Å²) in [5, 5.41) is 8.65. The summed E-state index contributed by atoms with van der Waals surface area (Å²) in [6.45, 7) is 0. The molecule has 1 N–H and O–H groups in total. The fourth-order valence-corrected chi connectivity index (χ4v) is 3.08. The lowest BCUT2D eigenvalue weighted by molar-refractivity contribution is 0.0696. The normalized spacial score (nSPS) is 12.9. The van der Waals surface area contributed by atoms with Gasteiger partial charge in [0.25, 0.3) is 0 Å². The molecule has 1 aliphatic carbocycles. The third-order valence-electron chi connectivity index (χ3n) is 3.32. The molecule has 4 nitrogen and oxygen atoms in total. The topological polar surface area (TPSA) is 71.4 Å². The van der Waals surface area contributed by atoms with E-state index in [1.165, 1.54) is 18.2 Å². The summed E-state index contributed by atoms with van der Waals surface area (Å²) in [5.41, 5.74) is -0.000694. The molecule has 3 rings (SSSR count). The maximum atomic E-state index is 12.5. The number of carboxylic acid groups (broad SMARTS) is 1. The minimum absolute atomic E-state index is 0.0266. The van der Waals surface area contributed by atoms with Crippen LogP contribution in [0.25, 0.3) is 0 Å². The van der Waals surface area contributed by atoms with Crippen molar-refractivity contribution in [1.29, 1.82) is 0 Å². The lowest BCUT2D eigenvalue weighted by Crippen LogP contribution is -2.22. The van der Waals surface area contributed by atoms with Gasteiger partial charge in [0.05, 0.1) is 21.2 Å². The molecule has 0 bridgehead atoms. The monoisotopic (exact) mass is 320 g/mol. The lowest BCUT2D eigenvalue weighted by Gasteiger charge is -2.19. The summed E-state index contributed by atoms with van der Waals surface area (Å²) in [4.78, 5) is 36.1. The van der Waals surface area contributed by atoms with Gasteiger partial charge in [-0.2, -0.15) is 0 Å². The molecule has 0 heterocycles. The molecule has 2 aromatic carbocycles. The predicted molar refractivity (Wildman–Crippen MR) is 76.7 cm³/mol. The van der Waals surface area contributed by atoms with Crippen LogP contribution in [-0.2, 0) is 0 Å². The van der Waals surface area contributed by atoms with E-state index < -0.39 is 17.5 Å². The number of aromatic carboxylic acids is 1. The van der Waals surface area contributed by atoms with Gasteiger partial charge in [-0.15, -0.1) is 0 Å². The summed E-state index contributed by atoms with van der Waals surface area (Å²) < 4.78 is 0. The van der Waals surface area contributed by atoms with Crippen LogP contribution in [0.5, 0.6) is 0 Å². The van der Waals surface area contributed by atoms with Crippen molar-refractivity contribution in [2.24, 2.45) is 0 Å².